The molecule has 0 spiro atoms. The van der Waals surface area contributed by atoms with Gasteiger partial charge in [-0.15, -0.1) is 0 Å². The van der Waals surface area contributed by atoms with Crippen LogP contribution in [0.5, 0.6) is 0 Å². The number of alkyl halides is 3. The Hall–Kier alpha value is -0.970. The summed E-state index contributed by atoms with van der Waals surface area (Å²) >= 11 is 0. The Morgan fingerprint density at radius 3 is 2.23 bits per heavy atom. The highest BCUT2D eigenvalue weighted by Crippen LogP contribution is 2.35. The Morgan fingerprint density at radius 1 is 1.38 bits per heavy atom. The van der Waals surface area contributed by atoms with E-state index in [4.69, 9.17) is 5.73 Å². The van der Waals surface area contributed by atoms with Crippen LogP contribution >= 0.6 is 0 Å². The molecule has 1 heterocycles. The van der Waals surface area contributed by atoms with Gasteiger partial charge >= 0.3 is 6.18 Å². The van der Waals surface area contributed by atoms with Crippen molar-refractivity contribution in [1.82, 2.24) is 4.57 Å². The number of hydrogen-bond donors (Lipinski definition) is 1. The van der Waals surface area contributed by atoms with Crippen molar-refractivity contribution in [3.63, 3.8) is 0 Å². The topological polar surface area (TPSA) is 30.9 Å². The molecule has 1 unspecified atom stereocenters. The van der Waals surface area contributed by atoms with E-state index in [0.29, 0.717) is 0 Å². The van der Waals surface area contributed by atoms with Crippen LogP contribution in [0.1, 0.15) is 12.6 Å². The van der Waals surface area contributed by atoms with Crippen LogP contribution in [0.2, 0.25) is 0 Å². The van der Waals surface area contributed by atoms with Crippen LogP contribution in [-0.4, -0.2) is 10.7 Å². The summed E-state index contributed by atoms with van der Waals surface area (Å²) in [4.78, 5) is 0. The zero-order valence-corrected chi connectivity index (χ0v) is 7.39. The molecule has 0 saturated carbocycles. The largest absolute Gasteiger partial charge is 0.411 e. The van der Waals surface area contributed by atoms with Gasteiger partial charge in [0.2, 0.25) is 0 Å². The van der Waals surface area contributed by atoms with Crippen LogP contribution in [0.4, 0.5) is 13.2 Å². The summed E-state index contributed by atoms with van der Waals surface area (Å²) in [6, 6.07) is 2.90. The van der Waals surface area contributed by atoms with Gasteiger partial charge in [-0.05, 0) is 19.1 Å². The summed E-state index contributed by atoms with van der Waals surface area (Å²) in [5.74, 6) is 0. The van der Waals surface area contributed by atoms with Crippen molar-refractivity contribution in [3.05, 3.63) is 24.0 Å². The number of nitrogens with two attached hydrogens (primary N) is 1. The Balaban J connectivity index is 3.15. The van der Waals surface area contributed by atoms with Crippen LogP contribution in [0.3, 0.4) is 0 Å². The van der Waals surface area contributed by atoms with E-state index in [2.05, 4.69) is 0 Å². The molecule has 1 rings (SSSR count). The van der Waals surface area contributed by atoms with Crippen molar-refractivity contribution < 1.29 is 13.2 Å². The summed E-state index contributed by atoms with van der Waals surface area (Å²) in [6.07, 6.45) is -2.90. The van der Waals surface area contributed by atoms with Crippen LogP contribution in [0, 0.1) is 0 Å². The van der Waals surface area contributed by atoms with Gasteiger partial charge in [0.25, 0.3) is 0 Å². The molecule has 0 bridgehead atoms. The average Bonchev–Trinajstić information content (AvgIpc) is 2.32. The third-order valence-corrected chi connectivity index (χ3v) is 2.06. The molecule has 0 amide bonds. The van der Waals surface area contributed by atoms with Crippen molar-refractivity contribution in [2.24, 2.45) is 12.8 Å². The zero-order valence-electron chi connectivity index (χ0n) is 7.39. The van der Waals surface area contributed by atoms with E-state index in [1.165, 1.54) is 29.9 Å². The minimum absolute atomic E-state index is 0.0556. The Labute approximate surface area is 74.1 Å². The predicted octanol–water partition coefficient (Wildman–Crippen LogP) is 1.76. The van der Waals surface area contributed by atoms with Gasteiger partial charge in [-0.1, -0.05) is 0 Å². The van der Waals surface area contributed by atoms with Gasteiger partial charge in [0, 0.05) is 18.9 Å². The molecule has 1 aromatic rings. The summed E-state index contributed by atoms with van der Waals surface area (Å²) in [7, 11) is 1.53. The van der Waals surface area contributed by atoms with E-state index in [9.17, 15) is 13.2 Å². The molecule has 0 aliphatic carbocycles. The normalized spacial score (nSPS) is 17.1. The fourth-order valence-electron chi connectivity index (χ4n) is 1.15. The van der Waals surface area contributed by atoms with Crippen molar-refractivity contribution in [2.45, 2.75) is 18.6 Å². The molecule has 0 saturated heterocycles. The van der Waals surface area contributed by atoms with Crippen molar-refractivity contribution in [3.8, 4) is 0 Å². The summed E-state index contributed by atoms with van der Waals surface area (Å²) in [6.45, 7) is 0.961. The number of rotatable bonds is 1. The van der Waals surface area contributed by atoms with E-state index in [-0.39, 0.29) is 5.69 Å². The van der Waals surface area contributed by atoms with Crippen LogP contribution < -0.4 is 5.73 Å². The highest BCUT2D eigenvalue weighted by Gasteiger charge is 2.50. The second-order valence-corrected chi connectivity index (χ2v) is 3.20. The second kappa shape index (κ2) is 2.77. The van der Waals surface area contributed by atoms with E-state index < -0.39 is 11.7 Å². The molecule has 1 atom stereocenters. The number of nitrogens with zero attached hydrogens (tertiary/aromatic N) is 1. The molecule has 2 N–H and O–H groups in total. The highest BCUT2D eigenvalue weighted by atomic mass is 19.4. The fraction of sp³-hybridized carbons (Fsp3) is 0.500. The minimum Gasteiger partial charge on any atom is -0.353 e. The molecule has 5 heteroatoms. The molecular formula is C8H11F3N2. The first kappa shape index (κ1) is 10.1. The lowest BCUT2D eigenvalue weighted by Gasteiger charge is -2.28. The molecular weight excluding hydrogens is 181 g/mol. The van der Waals surface area contributed by atoms with Crippen molar-refractivity contribution >= 4 is 0 Å². The summed E-state index contributed by atoms with van der Waals surface area (Å²) in [5.41, 5.74) is 2.98. The molecule has 0 fully saturated rings. The first-order valence-electron chi connectivity index (χ1n) is 3.74. The van der Waals surface area contributed by atoms with E-state index in [0.717, 1.165) is 6.92 Å². The number of hydrogen-bond acceptors (Lipinski definition) is 1. The van der Waals surface area contributed by atoms with E-state index in [1.54, 1.807) is 0 Å². The fourth-order valence-corrected chi connectivity index (χ4v) is 1.15. The summed E-state index contributed by atoms with van der Waals surface area (Å²) in [5, 5.41) is 0. The molecule has 13 heavy (non-hydrogen) atoms. The molecule has 0 radical (unpaired) electrons. The first-order valence-corrected chi connectivity index (χ1v) is 3.74. The lowest BCUT2D eigenvalue weighted by atomic mass is 9.99. The maximum absolute atomic E-state index is 12.4. The smallest absolute Gasteiger partial charge is 0.353 e. The Morgan fingerprint density at radius 2 is 1.92 bits per heavy atom. The quantitative estimate of drug-likeness (QED) is 0.722. The first-order chi connectivity index (χ1) is 5.77. The monoisotopic (exact) mass is 192 g/mol. The van der Waals surface area contributed by atoms with Crippen LogP contribution in [0.25, 0.3) is 0 Å². The van der Waals surface area contributed by atoms with Crippen molar-refractivity contribution in [1.29, 1.82) is 0 Å². The van der Waals surface area contributed by atoms with Gasteiger partial charge in [-0.3, -0.25) is 0 Å². The summed E-state index contributed by atoms with van der Waals surface area (Å²) < 4.78 is 38.7. The van der Waals surface area contributed by atoms with Crippen LogP contribution in [0.15, 0.2) is 18.3 Å². The standard InChI is InChI=1S/C8H11F3N2/c1-7(12,8(9,10)11)6-4-3-5-13(6)2/h3-5H,12H2,1-2H3. The minimum atomic E-state index is -4.43. The molecule has 74 valence electrons. The maximum atomic E-state index is 12.4. The molecule has 1 aromatic heterocycles. The van der Waals surface area contributed by atoms with Crippen molar-refractivity contribution in [2.75, 3.05) is 0 Å². The zero-order chi connectivity index (χ0) is 10.3. The average molecular weight is 192 g/mol. The van der Waals surface area contributed by atoms with Gasteiger partial charge in [-0.25, -0.2) is 0 Å². The molecule has 0 aliphatic rings. The van der Waals surface area contributed by atoms with E-state index in [1.807, 2.05) is 0 Å². The third kappa shape index (κ3) is 1.56. The van der Waals surface area contributed by atoms with Gasteiger partial charge in [0.05, 0.1) is 0 Å². The number of aromatic nitrogens is 1. The number of aryl methyl sites for hydroxylation is 1. The van der Waals surface area contributed by atoms with Crippen LogP contribution in [-0.2, 0) is 12.6 Å². The molecule has 0 aromatic carbocycles. The highest BCUT2D eigenvalue weighted by molar-refractivity contribution is 5.18. The van der Waals surface area contributed by atoms with E-state index >= 15 is 0 Å². The third-order valence-electron chi connectivity index (χ3n) is 2.06. The lowest BCUT2D eigenvalue weighted by molar-refractivity contribution is -0.185. The van der Waals surface area contributed by atoms with Gasteiger partial charge in [-0.2, -0.15) is 13.2 Å². The second-order valence-electron chi connectivity index (χ2n) is 3.20. The SMILES string of the molecule is Cn1cccc1C(C)(N)C(F)(F)F. The predicted molar refractivity (Wildman–Crippen MR) is 43.0 cm³/mol. The van der Waals surface area contributed by atoms with Gasteiger partial charge in [0.1, 0.15) is 0 Å². The molecule has 0 aliphatic heterocycles. The Kier molecular flexibility index (Phi) is 2.15. The lowest BCUT2D eigenvalue weighted by Crippen LogP contribution is -2.48. The van der Waals surface area contributed by atoms with Gasteiger partial charge in [0.15, 0.2) is 5.54 Å². The number of halogens is 3. The van der Waals surface area contributed by atoms with Gasteiger partial charge < -0.3 is 10.3 Å². The molecule has 2 nitrogen and oxygen atoms in total. The Bertz CT molecular complexity index is 299. The maximum Gasteiger partial charge on any atom is 0.411 e.